The number of para-hydroxylation sites is 1. The van der Waals surface area contributed by atoms with E-state index in [1.54, 1.807) is 0 Å². The quantitative estimate of drug-likeness (QED) is 0.681. The fourth-order valence-electron chi connectivity index (χ4n) is 1.69. The highest BCUT2D eigenvalue weighted by atomic mass is 16.5. The monoisotopic (exact) mass is 281 g/mol. The van der Waals surface area contributed by atoms with Crippen molar-refractivity contribution in [3.05, 3.63) is 29.3 Å². The molecule has 0 spiro atoms. The van der Waals surface area contributed by atoms with Crippen LogP contribution in [-0.2, 0) is 9.59 Å². The van der Waals surface area contributed by atoms with E-state index in [0.717, 1.165) is 11.1 Å². The molecule has 1 aromatic rings. The number of benzene rings is 1. The molecule has 0 bridgehead atoms. The highest BCUT2D eigenvalue weighted by Crippen LogP contribution is 2.21. The van der Waals surface area contributed by atoms with E-state index in [-0.39, 0.29) is 25.5 Å². The minimum Gasteiger partial charge on any atom is -0.483 e. The van der Waals surface area contributed by atoms with E-state index in [2.05, 4.69) is 5.32 Å². The summed E-state index contributed by atoms with van der Waals surface area (Å²) in [5.74, 6) is -0.982. The van der Waals surface area contributed by atoms with Gasteiger partial charge in [0, 0.05) is 13.0 Å². The maximum Gasteiger partial charge on any atom is 0.332 e. The Balaban J connectivity index is 2.35. The molecule has 3 N–H and O–H groups in total. The molecule has 1 atom stereocenters. The second-order valence-electron chi connectivity index (χ2n) is 4.50. The molecular formula is C14H19NO5. The van der Waals surface area contributed by atoms with Gasteiger partial charge in [0.2, 0.25) is 0 Å². The third kappa shape index (κ3) is 4.89. The summed E-state index contributed by atoms with van der Waals surface area (Å²) < 4.78 is 5.44. The summed E-state index contributed by atoms with van der Waals surface area (Å²) >= 11 is 0. The summed E-state index contributed by atoms with van der Waals surface area (Å²) in [5, 5.41) is 20.0. The largest absolute Gasteiger partial charge is 0.483 e. The third-order valence-electron chi connectivity index (χ3n) is 2.78. The average Bonchev–Trinajstić information content (AvgIpc) is 2.37. The Bertz CT molecular complexity index is 466. The number of nitrogens with one attached hydrogen (secondary N) is 1. The van der Waals surface area contributed by atoms with Crippen LogP contribution < -0.4 is 10.1 Å². The first-order chi connectivity index (χ1) is 9.41. The van der Waals surface area contributed by atoms with Crippen LogP contribution in [0.25, 0.3) is 0 Å². The molecular weight excluding hydrogens is 262 g/mol. The Morgan fingerprint density at radius 2 is 1.90 bits per heavy atom. The van der Waals surface area contributed by atoms with Gasteiger partial charge in [0.15, 0.2) is 12.7 Å². The molecule has 6 heteroatoms. The van der Waals surface area contributed by atoms with Gasteiger partial charge in [0.05, 0.1) is 0 Å². The van der Waals surface area contributed by atoms with Crippen LogP contribution in [0.1, 0.15) is 17.5 Å². The van der Waals surface area contributed by atoms with Gasteiger partial charge >= 0.3 is 5.97 Å². The fourth-order valence-corrected chi connectivity index (χ4v) is 1.69. The van der Waals surface area contributed by atoms with Crippen LogP contribution in [-0.4, -0.2) is 41.3 Å². The Labute approximate surface area is 117 Å². The van der Waals surface area contributed by atoms with Crippen molar-refractivity contribution >= 4 is 11.9 Å². The zero-order valence-corrected chi connectivity index (χ0v) is 11.5. The maximum absolute atomic E-state index is 11.5. The van der Waals surface area contributed by atoms with Crippen LogP contribution >= 0.6 is 0 Å². The van der Waals surface area contributed by atoms with Gasteiger partial charge in [-0.1, -0.05) is 18.2 Å². The van der Waals surface area contributed by atoms with Gasteiger partial charge in [-0.2, -0.15) is 0 Å². The van der Waals surface area contributed by atoms with E-state index in [9.17, 15) is 9.59 Å². The van der Waals surface area contributed by atoms with Crippen molar-refractivity contribution in [2.24, 2.45) is 0 Å². The standard InChI is InChI=1S/C14H19NO5/c1-9-4-3-5-10(2)13(9)20-8-12(17)15-7-6-11(16)14(18)19/h3-5,11,16H,6-8H2,1-2H3,(H,15,17)(H,18,19). The normalized spacial score (nSPS) is 11.8. The molecule has 0 fully saturated rings. The highest BCUT2D eigenvalue weighted by molar-refractivity contribution is 5.77. The first-order valence-electron chi connectivity index (χ1n) is 6.28. The molecule has 1 unspecified atom stereocenters. The van der Waals surface area contributed by atoms with Crippen molar-refractivity contribution in [1.29, 1.82) is 0 Å². The van der Waals surface area contributed by atoms with Crippen molar-refractivity contribution in [2.45, 2.75) is 26.4 Å². The van der Waals surface area contributed by atoms with Crippen molar-refractivity contribution in [1.82, 2.24) is 5.32 Å². The number of hydrogen-bond donors (Lipinski definition) is 3. The van der Waals surface area contributed by atoms with Crippen molar-refractivity contribution in [2.75, 3.05) is 13.2 Å². The molecule has 0 saturated carbocycles. The SMILES string of the molecule is Cc1cccc(C)c1OCC(=O)NCCC(O)C(=O)O. The first kappa shape index (κ1) is 16.0. The van der Waals surface area contributed by atoms with Crippen LogP contribution in [0.5, 0.6) is 5.75 Å². The minimum absolute atomic E-state index is 0.0372. The Kier molecular flexibility index (Phi) is 5.99. The molecule has 0 saturated heterocycles. The lowest BCUT2D eigenvalue weighted by atomic mass is 10.1. The number of amides is 1. The molecule has 20 heavy (non-hydrogen) atoms. The van der Waals surface area contributed by atoms with Gasteiger partial charge in [0.1, 0.15) is 5.75 Å². The summed E-state index contributed by atoms with van der Waals surface area (Å²) in [4.78, 5) is 21.9. The zero-order chi connectivity index (χ0) is 15.1. The summed E-state index contributed by atoms with van der Waals surface area (Å²) in [6, 6.07) is 5.69. The fraction of sp³-hybridized carbons (Fsp3) is 0.429. The molecule has 1 rings (SSSR count). The molecule has 0 aliphatic heterocycles. The number of hydrogen-bond acceptors (Lipinski definition) is 4. The second-order valence-corrected chi connectivity index (χ2v) is 4.50. The lowest BCUT2D eigenvalue weighted by Crippen LogP contribution is -2.33. The second kappa shape index (κ2) is 7.49. The van der Waals surface area contributed by atoms with E-state index in [4.69, 9.17) is 14.9 Å². The predicted molar refractivity (Wildman–Crippen MR) is 72.7 cm³/mol. The Hall–Kier alpha value is -2.08. The lowest BCUT2D eigenvalue weighted by molar-refractivity contribution is -0.147. The molecule has 110 valence electrons. The van der Waals surface area contributed by atoms with Crippen molar-refractivity contribution in [3.8, 4) is 5.75 Å². The van der Waals surface area contributed by atoms with Crippen LogP contribution in [0.4, 0.5) is 0 Å². The van der Waals surface area contributed by atoms with Crippen LogP contribution in [0, 0.1) is 13.8 Å². The molecule has 0 aliphatic rings. The molecule has 0 aromatic heterocycles. The number of aliphatic hydroxyl groups is 1. The molecule has 6 nitrogen and oxygen atoms in total. The number of carbonyl (C=O) groups is 2. The van der Waals surface area contributed by atoms with Gasteiger partial charge in [-0.05, 0) is 25.0 Å². The van der Waals surface area contributed by atoms with Crippen molar-refractivity contribution < 1.29 is 24.5 Å². The van der Waals surface area contributed by atoms with Crippen molar-refractivity contribution in [3.63, 3.8) is 0 Å². The number of aryl methyl sites for hydroxylation is 2. The average molecular weight is 281 g/mol. The van der Waals surface area contributed by atoms with E-state index in [1.807, 2.05) is 32.0 Å². The topological polar surface area (TPSA) is 95.9 Å². The molecule has 0 radical (unpaired) electrons. The lowest BCUT2D eigenvalue weighted by Gasteiger charge is -2.12. The number of carbonyl (C=O) groups excluding carboxylic acids is 1. The number of carboxylic acid groups (broad SMARTS) is 1. The predicted octanol–water partition coefficient (Wildman–Crippen LogP) is 0.634. The van der Waals surface area contributed by atoms with Gasteiger partial charge < -0.3 is 20.3 Å². The maximum atomic E-state index is 11.5. The zero-order valence-electron chi connectivity index (χ0n) is 11.5. The summed E-state index contributed by atoms with van der Waals surface area (Å²) in [5.41, 5.74) is 1.89. The number of ether oxygens (including phenoxy) is 1. The summed E-state index contributed by atoms with van der Waals surface area (Å²) in [6.45, 7) is 3.73. The van der Waals surface area contributed by atoms with Gasteiger partial charge in [-0.25, -0.2) is 4.79 Å². The summed E-state index contributed by atoms with van der Waals surface area (Å²) in [7, 11) is 0. The van der Waals surface area contributed by atoms with Gasteiger partial charge in [-0.3, -0.25) is 4.79 Å². The van der Waals surface area contributed by atoms with Crippen LogP contribution in [0.3, 0.4) is 0 Å². The number of aliphatic carboxylic acids is 1. The molecule has 1 amide bonds. The van der Waals surface area contributed by atoms with E-state index < -0.39 is 12.1 Å². The number of carboxylic acids is 1. The van der Waals surface area contributed by atoms with Crippen LogP contribution in [0.2, 0.25) is 0 Å². The van der Waals surface area contributed by atoms with Gasteiger partial charge in [-0.15, -0.1) is 0 Å². The Morgan fingerprint density at radius 1 is 1.30 bits per heavy atom. The van der Waals surface area contributed by atoms with Crippen LogP contribution in [0.15, 0.2) is 18.2 Å². The molecule has 0 heterocycles. The Morgan fingerprint density at radius 3 is 2.45 bits per heavy atom. The summed E-state index contributed by atoms with van der Waals surface area (Å²) in [6.07, 6.45) is -1.50. The minimum atomic E-state index is -1.46. The van der Waals surface area contributed by atoms with Gasteiger partial charge in [0.25, 0.3) is 5.91 Å². The third-order valence-corrected chi connectivity index (χ3v) is 2.78. The molecule has 1 aromatic carbocycles. The smallest absolute Gasteiger partial charge is 0.332 e. The number of aliphatic hydroxyl groups excluding tert-OH is 1. The number of rotatable bonds is 7. The highest BCUT2D eigenvalue weighted by Gasteiger charge is 2.13. The van der Waals surface area contributed by atoms with E-state index in [0.29, 0.717) is 5.75 Å². The van der Waals surface area contributed by atoms with E-state index in [1.165, 1.54) is 0 Å². The first-order valence-corrected chi connectivity index (χ1v) is 6.28. The van der Waals surface area contributed by atoms with E-state index >= 15 is 0 Å². The molecule has 0 aliphatic carbocycles.